The average molecular weight is 265 g/mol. The highest BCUT2D eigenvalue weighted by atomic mass is 16.6. The second-order valence-corrected chi connectivity index (χ2v) is 4.79. The van der Waals surface area contributed by atoms with E-state index in [1.165, 1.54) is 6.08 Å². The van der Waals surface area contributed by atoms with Crippen LogP contribution in [0.1, 0.15) is 12.0 Å². The molecule has 1 saturated heterocycles. The molecular formula is C13H19N3O3. The summed E-state index contributed by atoms with van der Waals surface area (Å²) in [6.45, 7) is 4.01. The maximum atomic E-state index is 11.9. The zero-order valence-corrected chi connectivity index (χ0v) is 11.0. The molecule has 0 bridgehead atoms. The number of likely N-dealkylation sites (tertiary alicyclic amines) is 1. The fourth-order valence-corrected chi connectivity index (χ4v) is 2.37. The maximum absolute atomic E-state index is 11.9. The summed E-state index contributed by atoms with van der Waals surface area (Å²) in [6, 6.07) is -0.0449. The molecular weight excluding hydrogens is 246 g/mol. The van der Waals surface area contributed by atoms with E-state index >= 15 is 0 Å². The predicted molar refractivity (Wildman–Crippen MR) is 69.6 cm³/mol. The Kier molecular flexibility index (Phi) is 4.21. The number of hydrogen-bond donors (Lipinski definition) is 1. The van der Waals surface area contributed by atoms with Crippen molar-refractivity contribution in [1.29, 1.82) is 0 Å². The van der Waals surface area contributed by atoms with Crippen LogP contribution in [0.2, 0.25) is 0 Å². The first-order valence-corrected chi connectivity index (χ1v) is 6.30. The van der Waals surface area contributed by atoms with Crippen LogP contribution in [0.15, 0.2) is 25.0 Å². The van der Waals surface area contributed by atoms with Crippen molar-refractivity contribution < 1.29 is 14.6 Å². The molecule has 1 aromatic heterocycles. The minimum atomic E-state index is -0.488. The average Bonchev–Trinajstić information content (AvgIpc) is 2.93. The minimum Gasteiger partial charge on any atom is -0.445 e. The third-order valence-corrected chi connectivity index (χ3v) is 3.18. The van der Waals surface area contributed by atoms with Crippen molar-refractivity contribution in [2.45, 2.75) is 25.0 Å². The normalized spacial score (nSPS) is 22.5. The third kappa shape index (κ3) is 3.35. The maximum Gasteiger partial charge on any atom is 0.410 e. The van der Waals surface area contributed by atoms with Gasteiger partial charge in [0.1, 0.15) is 6.61 Å². The van der Waals surface area contributed by atoms with Crippen LogP contribution >= 0.6 is 0 Å². The van der Waals surface area contributed by atoms with Gasteiger partial charge in [0, 0.05) is 19.3 Å². The number of ether oxygens (including phenoxy) is 1. The summed E-state index contributed by atoms with van der Waals surface area (Å²) >= 11 is 0. The highest BCUT2D eigenvalue weighted by molar-refractivity contribution is 5.68. The van der Waals surface area contributed by atoms with E-state index in [1.54, 1.807) is 15.8 Å². The van der Waals surface area contributed by atoms with Crippen molar-refractivity contribution >= 4 is 6.09 Å². The van der Waals surface area contributed by atoms with Crippen molar-refractivity contribution in [3.05, 3.63) is 30.6 Å². The second-order valence-electron chi connectivity index (χ2n) is 4.79. The predicted octanol–water partition coefficient (Wildman–Crippen LogP) is 0.720. The van der Waals surface area contributed by atoms with E-state index in [9.17, 15) is 9.90 Å². The lowest BCUT2D eigenvalue weighted by Crippen LogP contribution is -2.37. The van der Waals surface area contributed by atoms with Gasteiger partial charge < -0.3 is 14.7 Å². The lowest BCUT2D eigenvalue weighted by Gasteiger charge is -2.22. The van der Waals surface area contributed by atoms with Crippen molar-refractivity contribution in [3.8, 4) is 0 Å². The van der Waals surface area contributed by atoms with Crippen LogP contribution in [-0.4, -0.2) is 51.2 Å². The molecule has 19 heavy (non-hydrogen) atoms. The van der Waals surface area contributed by atoms with Gasteiger partial charge in [-0.15, -0.1) is 0 Å². The van der Waals surface area contributed by atoms with Gasteiger partial charge in [-0.3, -0.25) is 4.68 Å². The van der Waals surface area contributed by atoms with Gasteiger partial charge in [-0.1, -0.05) is 12.7 Å². The monoisotopic (exact) mass is 265 g/mol. The number of aryl methyl sites for hydroxylation is 1. The van der Waals surface area contributed by atoms with Crippen molar-refractivity contribution in [2.75, 3.05) is 13.2 Å². The van der Waals surface area contributed by atoms with Gasteiger partial charge in [0.15, 0.2) is 0 Å². The van der Waals surface area contributed by atoms with Crippen LogP contribution in [-0.2, 0) is 18.2 Å². The van der Waals surface area contributed by atoms with E-state index in [-0.39, 0.29) is 12.6 Å². The molecule has 0 radical (unpaired) electrons. The number of β-amino-alcohol motifs (C(OH)–C–C–N with tert-alkyl or cyclic N) is 1. The van der Waals surface area contributed by atoms with E-state index < -0.39 is 12.2 Å². The Morgan fingerprint density at radius 3 is 3.16 bits per heavy atom. The van der Waals surface area contributed by atoms with Crippen molar-refractivity contribution in [1.82, 2.24) is 14.7 Å². The Morgan fingerprint density at radius 1 is 1.74 bits per heavy atom. The molecule has 2 heterocycles. The van der Waals surface area contributed by atoms with E-state index in [0.29, 0.717) is 19.4 Å². The fraction of sp³-hybridized carbons (Fsp3) is 0.538. The minimum absolute atomic E-state index is 0.0449. The molecule has 1 aliphatic rings. The molecule has 1 aliphatic heterocycles. The molecule has 1 N–H and O–H groups in total. The van der Waals surface area contributed by atoms with Gasteiger partial charge >= 0.3 is 6.09 Å². The number of carbonyl (C=O) groups excluding carboxylic acids is 1. The van der Waals surface area contributed by atoms with Crippen LogP contribution in [0.3, 0.4) is 0 Å². The standard InChI is InChI=1S/C13H19N3O3/c1-3-4-19-13(18)16-9-12(17)6-11(16)5-10-7-14-15(2)8-10/h3,7-8,11-12,17H,1,4-6,9H2,2H3/t11-,12-/m1/s1. The molecule has 1 aromatic rings. The Labute approximate surface area is 112 Å². The van der Waals surface area contributed by atoms with Crippen LogP contribution in [0.5, 0.6) is 0 Å². The number of aromatic nitrogens is 2. The number of rotatable bonds is 4. The zero-order chi connectivity index (χ0) is 13.8. The SMILES string of the molecule is C=CCOC(=O)N1C[C@H](O)C[C@H]1Cc1cnn(C)c1. The number of aliphatic hydroxyl groups excluding tert-OH is 1. The quantitative estimate of drug-likeness (QED) is 0.815. The summed E-state index contributed by atoms with van der Waals surface area (Å²) in [5.74, 6) is 0. The molecule has 0 aliphatic carbocycles. The highest BCUT2D eigenvalue weighted by Gasteiger charge is 2.35. The molecule has 1 fully saturated rings. The number of amides is 1. The zero-order valence-electron chi connectivity index (χ0n) is 11.0. The molecule has 6 nitrogen and oxygen atoms in total. The first-order valence-electron chi connectivity index (χ1n) is 6.30. The Balaban J connectivity index is 2.00. The molecule has 104 valence electrons. The second kappa shape index (κ2) is 5.88. The number of carbonyl (C=O) groups is 1. The van der Waals surface area contributed by atoms with Crippen LogP contribution in [0.4, 0.5) is 4.79 Å². The van der Waals surface area contributed by atoms with Gasteiger partial charge in [0.25, 0.3) is 0 Å². The van der Waals surface area contributed by atoms with Gasteiger partial charge in [-0.05, 0) is 18.4 Å². The first-order chi connectivity index (χ1) is 9.10. The molecule has 2 atom stereocenters. The lowest BCUT2D eigenvalue weighted by molar-refractivity contribution is 0.102. The van der Waals surface area contributed by atoms with Gasteiger partial charge in [-0.25, -0.2) is 4.79 Å². The molecule has 2 rings (SSSR count). The first kappa shape index (κ1) is 13.6. The van der Waals surface area contributed by atoms with Crippen LogP contribution < -0.4 is 0 Å². The Hall–Kier alpha value is -1.82. The summed E-state index contributed by atoms with van der Waals surface area (Å²) in [4.78, 5) is 13.5. The number of nitrogens with zero attached hydrogens (tertiary/aromatic N) is 3. The van der Waals surface area contributed by atoms with E-state index in [1.807, 2.05) is 13.2 Å². The lowest BCUT2D eigenvalue weighted by atomic mass is 10.1. The Morgan fingerprint density at radius 2 is 2.53 bits per heavy atom. The summed E-state index contributed by atoms with van der Waals surface area (Å²) in [5.41, 5.74) is 1.04. The van der Waals surface area contributed by atoms with Gasteiger partial charge in [0.05, 0.1) is 18.8 Å². The Bertz CT molecular complexity index is 458. The van der Waals surface area contributed by atoms with Crippen LogP contribution in [0, 0.1) is 0 Å². The summed E-state index contributed by atoms with van der Waals surface area (Å²) in [5, 5.41) is 13.8. The van der Waals surface area contributed by atoms with E-state index in [0.717, 1.165) is 5.56 Å². The number of hydrogen-bond acceptors (Lipinski definition) is 4. The molecule has 0 saturated carbocycles. The summed E-state index contributed by atoms with van der Waals surface area (Å²) in [6.07, 6.45) is 5.58. The topological polar surface area (TPSA) is 67.6 Å². The van der Waals surface area contributed by atoms with Gasteiger partial charge in [-0.2, -0.15) is 5.10 Å². The molecule has 6 heteroatoms. The molecule has 0 spiro atoms. The number of aliphatic hydroxyl groups is 1. The molecule has 1 amide bonds. The van der Waals surface area contributed by atoms with Gasteiger partial charge in [0.2, 0.25) is 0 Å². The fourth-order valence-electron chi connectivity index (χ4n) is 2.37. The third-order valence-electron chi connectivity index (χ3n) is 3.18. The molecule has 0 unspecified atom stereocenters. The van der Waals surface area contributed by atoms with Crippen molar-refractivity contribution in [3.63, 3.8) is 0 Å². The summed E-state index contributed by atoms with van der Waals surface area (Å²) in [7, 11) is 1.85. The van der Waals surface area contributed by atoms with E-state index in [2.05, 4.69) is 11.7 Å². The van der Waals surface area contributed by atoms with E-state index in [4.69, 9.17) is 4.74 Å². The van der Waals surface area contributed by atoms with Crippen LogP contribution in [0.25, 0.3) is 0 Å². The van der Waals surface area contributed by atoms with Crippen molar-refractivity contribution in [2.24, 2.45) is 7.05 Å². The smallest absolute Gasteiger partial charge is 0.410 e. The highest BCUT2D eigenvalue weighted by Crippen LogP contribution is 2.22. The largest absolute Gasteiger partial charge is 0.445 e. The summed E-state index contributed by atoms with van der Waals surface area (Å²) < 4.78 is 6.76. The molecule has 0 aromatic carbocycles.